The average Bonchev–Trinajstić information content (AvgIpc) is 3.10. The van der Waals surface area contributed by atoms with E-state index < -0.39 is 0 Å². The van der Waals surface area contributed by atoms with Gasteiger partial charge >= 0.3 is 0 Å². The Labute approximate surface area is 298 Å². The lowest BCUT2D eigenvalue weighted by Gasteiger charge is -2.26. The minimum absolute atomic E-state index is 0.319. The van der Waals surface area contributed by atoms with Gasteiger partial charge in [0, 0.05) is 13.8 Å². The summed E-state index contributed by atoms with van der Waals surface area (Å²) in [7, 11) is 0.638. The minimum atomic E-state index is 0.319. The third-order valence-electron chi connectivity index (χ3n) is 12.2. The van der Waals surface area contributed by atoms with Crippen molar-refractivity contribution >= 4 is 15.8 Å². The van der Waals surface area contributed by atoms with Crippen LogP contribution in [0.1, 0.15) is 200 Å². The smallest absolute Gasteiger partial charge is 0.0587 e. The van der Waals surface area contributed by atoms with E-state index in [9.17, 15) is 0 Å². The van der Waals surface area contributed by atoms with Crippen molar-refractivity contribution in [2.75, 3.05) is 37.0 Å². The van der Waals surface area contributed by atoms with Crippen LogP contribution in [0.25, 0.3) is 0 Å². The van der Waals surface area contributed by atoms with Gasteiger partial charge in [0.15, 0.2) is 0 Å². The number of nitriles is 2. The van der Waals surface area contributed by atoms with Crippen LogP contribution in [0.4, 0.5) is 0 Å². The topological polar surface area (TPSA) is 47.6 Å². The molecule has 0 N–H and O–H groups in total. The van der Waals surface area contributed by atoms with E-state index in [1.165, 1.54) is 90.9 Å². The summed E-state index contributed by atoms with van der Waals surface area (Å²) in [5.74, 6) is 4.40. The van der Waals surface area contributed by atoms with Crippen LogP contribution in [0.2, 0.25) is 0 Å². The Hall–Kier alpha value is -0.160. The van der Waals surface area contributed by atoms with Crippen LogP contribution in [0.15, 0.2) is 0 Å². The fourth-order valence-electron chi connectivity index (χ4n) is 9.51. The molecule has 4 rings (SSSR count). The van der Waals surface area contributed by atoms with Crippen molar-refractivity contribution in [3.05, 3.63) is 0 Å². The standard InChI is InChI=1S/C39H74P2.2C2H3N/c1-5-18-36(19-6-1)26-13-30-40(31-14-27-37-20-7-2-8-21-37)34-17-35-41(32-15-28-38-22-9-3-10-23-38)33-16-29-39-24-11-4-12-25-39;2*1-2-3/h36-39H,1-35H2;2*1H3. The first-order valence-electron chi connectivity index (χ1n) is 21.2. The van der Waals surface area contributed by atoms with Crippen LogP contribution < -0.4 is 0 Å². The predicted octanol–water partition coefficient (Wildman–Crippen LogP) is 14.8. The molecule has 0 radical (unpaired) electrons. The Kier molecular flexibility index (Phi) is 28.0. The molecule has 2 nitrogen and oxygen atoms in total. The Morgan fingerprint density at radius 1 is 0.362 bits per heavy atom. The van der Waals surface area contributed by atoms with E-state index >= 15 is 0 Å². The molecule has 0 saturated heterocycles. The maximum Gasteiger partial charge on any atom is 0.0587 e. The summed E-state index contributed by atoms with van der Waals surface area (Å²) in [5.41, 5.74) is 0. The Morgan fingerprint density at radius 2 is 0.553 bits per heavy atom. The van der Waals surface area contributed by atoms with E-state index in [0.29, 0.717) is 15.8 Å². The summed E-state index contributed by atoms with van der Waals surface area (Å²) in [5, 5.41) is 14.6. The number of rotatable bonds is 20. The van der Waals surface area contributed by atoms with Gasteiger partial charge in [0.1, 0.15) is 0 Å². The molecule has 0 spiro atoms. The molecule has 0 aromatic rings. The molecular weight excluding hydrogens is 606 g/mol. The maximum atomic E-state index is 7.32. The highest BCUT2D eigenvalue weighted by molar-refractivity contribution is 7.58. The van der Waals surface area contributed by atoms with Crippen LogP contribution in [0.5, 0.6) is 0 Å². The minimum Gasteiger partial charge on any atom is -0.199 e. The van der Waals surface area contributed by atoms with Gasteiger partial charge in [-0.2, -0.15) is 10.5 Å². The fourth-order valence-corrected chi connectivity index (χ4v) is 14.8. The Morgan fingerprint density at radius 3 is 0.766 bits per heavy atom. The van der Waals surface area contributed by atoms with Crippen molar-refractivity contribution in [2.45, 2.75) is 200 Å². The summed E-state index contributed by atoms with van der Waals surface area (Å²) >= 11 is 0. The first-order chi connectivity index (χ1) is 23.2. The van der Waals surface area contributed by atoms with Crippen molar-refractivity contribution < 1.29 is 0 Å². The largest absolute Gasteiger partial charge is 0.199 e. The quantitative estimate of drug-likeness (QED) is 0.120. The first kappa shape index (κ1) is 43.0. The van der Waals surface area contributed by atoms with Gasteiger partial charge in [-0.05, 0) is 92.7 Å². The molecule has 272 valence electrons. The molecule has 4 aliphatic rings. The summed E-state index contributed by atoms with van der Waals surface area (Å²) in [6, 6.07) is 3.50. The summed E-state index contributed by atoms with van der Waals surface area (Å²) < 4.78 is 0. The van der Waals surface area contributed by atoms with Gasteiger partial charge in [-0.1, -0.05) is 154 Å². The first-order valence-corrected chi connectivity index (χ1v) is 25.0. The van der Waals surface area contributed by atoms with Gasteiger partial charge in [-0.15, -0.1) is 15.8 Å². The van der Waals surface area contributed by atoms with Gasteiger partial charge in [0.25, 0.3) is 0 Å². The molecule has 0 amide bonds. The van der Waals surface area contributed by atoms with E-state index in [-0.39, 0.29) is 0 Å². The van der Waals surface area contributed by atoms with Crippen molar-refractivity contribution in [3.8, 4) is 12.1 Å². The zero-order valence-corrected chi connectivity index (χ0v) is 33.6. The highest BCUT2D eigenvalue weighted by atomic mass is 31.1. The molecule has 0 bridgehead atoms. The number of hydrogen-bond acceptors (Lipinski definition) is 2. The van der Waals surface area contributed by atoms with Crippen LogP contribution in [-0.4, -0.2) is 37.0 Å². The monoisotopic (exact) mass is 687 g/mol. The van der Waals surface area contributed by atoms with Gasteiger partial charge in [-0.3, -0.25) is 0 Å². The van der Waals surface area contributed by atoms with Gasteiger partial charge < -0.3 is 0 Å². The van der Waals surface area contributed by atoms with E-state index in [1.807, 2.05) is 0 Å². The molecule has 0 aromatic heterocycles. The molecule has 4 aliphatic carbocycles. The molecule has 4 heteroatoms. The molecule has 47 heavy (non-hydrogen) atoms. The SMILES string of the molecule is C1CCC(CCCP(CCCC2CCCCC2)CCCP(CCCC2CCCCC2)CCCC2CCCCC2)CC1.CC#N.CC#N. The molecule has 0 unspecified atom stereocenters. The normalized spacial score (nSPS) is 20.1. The van der Waals surface area contributed by atoms with Gasteiger partial charge in [-0.25, -0.2) is 0 Å². The molecule has 4 fully saturated rings. The second-order valence-corrected chi connectivity index (χ2v) is 21.4. The number of hydrogen-bond donors (Lipinski definition) is 0. The van der Waals surface area contributed by atoms with E-state index in [4.69, 9.17) is 10.5 Å². The lowest BCUT2D eigenvalue weighted by atomic mass is 9.86. The van der Waals surface area contributed by atoms with E-state index in [2.05, 4.69) is 0 Å². The summed E-state index contributed by atoms with van der Waals surface area (Å²) in [6.45, 7) is 2.86. The third kappa shape index (κ3) is 23.0. The average molecular weight is 687 g/mol. The molecule has 0 atom stereocenters. The molecule has 0 aromatic carbocycles. The zero-order chi connectivity index (χ0) is 33.6. The predicted molar refractivity (Wildman–Crippen MR) is 213 cm³/mol. The second-order valence-electron chi connectivity index (χ2n) is 16.1. The molecule has 0 heterocycles. The van der Waals surface area contributed by atoms with Crippen LogP contribution >= 0.6 is 15.8 Å². The van der Waals surface area contributed by atoms with E-state index in [0.717, 1.165) is 23.7 Å². The number of nitrogens with zero attached hydrogens (tertiary/aromatic N) is 2. The zero-order valence-electron chi connectivity index (χ0n) is 31.8. The Bertz CT molecular complexity index is 652. The lowest BCUT2D eigenvalue weighted by molar-refractivity contribution is 0.336. The highest BCUT2D eigenvalue weighted by Crippen LogP contribution is 2.45. The second kappa shape index (κ2) is 30.6. The van der Waals surface area contributed by atoms with Crippen LogP contribution in [0.3, 0.4) is 0 Å². The summed E-state index contributed by atoms with van der Waals surface area (Å²) in [6.07, 6.45) is 54.9. The fraction of sp³-hybridized carbons (Fsp3) is 0.953. The van der Waals surface area contributed by atoms with Gasteiger partial charge in [0.2, 0.25) is 0 Å². The van der Waals surface area contributed by atoms with Crippen molar-refractivity contribution in [1.29, 1.82) is 10.5 Å². The molecular formula is C43H80N2P2. The molecule has 0 aliphatic heterocycles. The van der Waals surface area contributed by atoms with Crippen LogP contribution in [-0.2, 0) is 0 Å². The van der Waals surface area contributed by atoms with Crippen molar-refractivity contribution in [2.24, 2.45) is 23.7 Å². The highest BCUT2D eigenvalue weighted by Gasteiger charge is 2.19. The lowest BCUT2D eigenvalue weighted by Crippen LogP contribution is -2.09. The van der Waals surface area contributed by atoms with E-state index in [1.54, 1.807) is 158 Å². The van der Waals surface area contributed by atoms with Crippen molar-refractivity contribution in [3.63, 3.8) is 0 Å². The van der Waals surface area contributed by atoms with Gasteiger partial charge in [0.05, 0.1) is 12.1 Å². The van der Waals surface area contributed by atoms with Crippen LogP contribution in [0, 0.1) is 46.3 Å². The molecule has 4 saturated carbocycles. The maximum absolute atomic E-state index is 7.32. The third-order valence-corrected chi connectivity index (χ3v) is 17.9. The summed E-state index contributed by atoms with van der Waals surface area (Å²) in [4.78, 5) is 0. The van der Waals surface area contributed by atoms with Crippen molar-refractivity contribution in [1.82, 2.24) is 0 Å². The Balaban J connectivity index is 0.00000119.